The molecule has 1 rings (SSSR count). The van der Waals surface area contributed by atoms with Gasteiger partial charge in [-0.1, -0.05) is 5.11 Å². The number of phosphoric acid groups is 3. The van der Waals surface area contributed by atoms with Gasteiger partial charge in [-0.05, 0) is 24.7 Å². The molecule has 0 saturated carbocycles. The molecule has 0 saturated heterocycles. The fraction of sp³-hybridized carbons (Fsp3) is 0.556. The molecule has 1 heterocycles. The summed E-state index contributed by atoms with van der Waals surface area (Å²) in [6, 6.07) is 0. The van der Waals surface area contributed by atoms with Crippen LogP contribution in [-0.4, -0.2) is 57.8 Å². The summed E-state index contributed by atoms with van der Waals surface area (Å²) in [5, 5.41) is 23.2. The second kappa shape index (κ2) is 10.9. The molecule has 0 aliphatic heterocycles. The number of aromatic nitrogens is 2. The molecule has 0 aromatic carbocycles. The molecule has 0 amide bonds. The lowest BCUT2D eigenvalue weighted by atomic mass is 10.1. The Hall–Kier alpha value is -1.37. The van der Waals surface area contributed by atoms with Crippen LogP contribution in [0.25, 0.3) is 10.4 Å². The molecule has 24 heteroatoms. The molecule has 1 aromatic heterocycles. The third-order valence-corrected chi connectivity index (χ3v) is 7.28. The van der Waals surface area contributed by atoms with Gasteiger partial charge in [0, 0.05) is 4.91 Å². The number of aliphatic hydroxyl groups excluding tert-OH is 2. The number of halogens is 1. The smallest absolute Gasteiger partial charge is 0.390 e. The van der Waals surface area contributed by atoms with E-state index in [1.807, 2.05) is 0 Å². The number of phosphoric ester groups is 1. The van der Waals surface area contributed by atoms with E-state index in [9.17, 15) is 33.2 Å². The summed E-state index contributed by atoms with van der Waals surface area (Å²) < 4.78 is 63.7. The molecule has 2 unspecified atom stereocenters. The molecule has 0 aliphatic carbocycles. The number of rotatable bonds is 12. The van der Waals surface area contributed by atoms with E-state index in [2.05, 4.69) is 28.2 Å². The van der Waals surface area contributed by atoms with Gasteiger partial charge < -0.3 is 40.3 Å². The first-order valence-corrected chi connectivity index (χ1v) is 12.7. The minimum Gasteiger partial charge on any atom is -0.390 e. The van der Waals surface area contributed by atoms with Crippen LogP contribution in [0.15, 0.2) is 11.3 Å². The van der Waals surface area contributed by atoms with E-state index in [0.717, 1.165) is 6.92 Å². The summed E-state index contributed by atoms with van der Waals surface area (Å²) in [5.41, 5.74) is 11.2. The number of nitrogens with zero attached hydrogens (tertiary/aromatic N) is 5. The maximum Gasteiger partial charge on any atom is 0.490 e. The predicted molar refractivity (Wildman–Crippen MR) is 103 cm³/mol. The third kappa shape index (κ3) is 9.06. The van der Waals surface area contributed by atoms with E-state index >= 15 is 0 Å². The molecule has 0 aliphatic rings. The lowest BCUT2D eigenvalue weighted by Crippen LogP contribution is -2.47. The summed E-state index contributed by atoms with van der Waals surface area (Å²) in [4.78, 5) is 41.4. The Morgan fingerprint density at radius 2 is 1.88 bits per heavy atom. The van der Waals surface area contributed by atoms with Gasteiger partial charge in [0.1, 0.15) is 0 Å². The van der Waals surface area contributed by atoms with E-state index < -0.39 is 64.7 Å². The van der Waals surface area contributed by atoms with Crippen LogP contribution in [0.3, 0.4) is 0 Å². The van der Waals surface area contributed by atoms with Crippen LogP contribution in [0, 0.1) is 10.6 Å². The van der Waals surface area contributed by atoms with Crippen molar-refractivity contribution in [3.05, 3.63) is 27.2 Å². The summed E-state index contributed by atoms with van der Waals surface area (Å²) in [5.74, 6) is -1.82. The van der Waals surface area contributed by atoms with E-state index in [-0.39, 0.29) is 0 Å². The van der Waals surface area contributed by atoms with Crippen LogP contribution in [0.2, 0.25) is 0 Å². The Morgan fingerprint density at radius 1 is 1.30 bits per heavy atom. The number of hydrogen-bond donors (Lipinski definition) is 7. The summed E-state index contributed by atoms with van der Waals surface area (Å²) in [7, 11) is -17.3. The number of anilines is 1. The lowest BCUT2D eigenvalue weighted by Gasteiger charge is -2.34. The predicted octanol–water partition coefficient (Wildman–Crippen LogP) is 0.530. The molecule has 1 aromatic rings. The van der Waals surface area contributed by atoms with Crippen molar-refractivity contribution in [2.45, 2.75) is 25.2 Å². The number of aliphatic hydroxyl groups is 2. The summed E-state index contributed by atoms with van der Waals surface area (Å²) in [6.45, 7) is -0.628. The van der Waals surface area contributed by atoms with Gasteiger partial charge in [0.05, 0.1) is 18.9 Å². The summed E-state index contributed by atoms with van der Waals surface area (Å²) in [6.07, 6.45) is -3.85. The van der Waals surface area contributed by atoms with Gasteiger partial charge in [0.15, 0.2) is 11.6 Å². The fourth-order valence-electron chi connectivity index (χ4n) is 1.80. The topological polar surface area (TPSA) is 302 Å². The van der Waals surface area contributed by atoms with Gasteiger partial charge in [-0.3, -0.25) is 9.09 Å². The van der Waals surface area contributed by atoms with Gasteiger partial charge in [-0.15, -0.1) is 0 Å². The second-order valence-electron chi connectivity index (χ2n) is 5.68. The largest absolute Gasteiger partial charge is 0.490 e. The molecular formula is C9H16FN6O13P3S. The number of hydrogen-bond acceptors (Lipinski definition) is 13. The zero-order chi connectivity index (χ0) is 25.8. The van der Waals surface area contributed by atoms with Gasteiger partial charge >= 0.3 is 23.5 Å². The lowest BCUT2D eigenvalue weighted by molar-refractivity contribution is -0.259. The van der Waals surface area contributed by atoms with Gasteiger partial charge in [0.2, 0.25) is 16.9 Å². The van der Waals surface area contributed by atoms with Crippen molar-refractivity contribution in [3.8, 4) is 0 Å². The van der Waals surface area contributed by atoms with E-state index in [4.69, 9.17) is 42.9 Å². The molecule has 33 heavy (non-hydrogen) atoms. The Labute approximate surface area is 187 Å². The molecule has 0 radical (unpaired) electrons. The average molecular weight is 560 g/mol. The van der Waals surface area contributed by atoms with Crippen molar-refractivity contribution in [2.24, 2.45) is 5.11 Å². The number of nitrogen functional groups attached to an aromatic ring is 1. The second-order valence-corrected chi connectivity index (χ2v) is 10.5. The quantitative estimate of drug-likeness (QED) is 0.0458. The van der Waals surface area contributed by atoms with Crippen molar-refractivity contribution in [3.63, 3.8) is 0 Å². The Kier molecular flexibility index (Phi) is 9.81. The fourth-order valence-corrected chi connectivity index (χ4v) is 5.08. The normalized spacial score (nSPS) is 19.4. The van der Waals surface area contributed by atoms with Crippen molar-refractivity contribution >= 4 is 41.5 Å². The number of azide groups is 1. The number of nitrogens with two attached hydrogens (primary N) is 1. The minimum absolute atomic E-state index is 0.426. The van der Waals surface area contributed by atoms with Crippen molar-refractivity contribution in [2.75, 3.05) is 12.3 Å². The highest BCUT2D eigenvalue weighted by Crippen LogP contribution is 2.66. The van der Waals surface area contributed by atoms with Gasteiger partial charge in [-0.25, -0.2) is 18.1 Å². The standard InChI is InChI=1S/C9H16FN6O13P3S/c1-4(17)9(14-15-12,27-8(18)16-2-5(10)6(11)13-7(16)33)3-26-31(22,23)29-32(24,25)28-30(19,20)21/h2,4,8,17-18H,3H2,1H3,(H,22,23)(H,24,25)(H2,11,13,33)(H2,19,20,21)/t4-,8+,9-/m1/s1. The van der Waals surface area contributed by atoms with Crippen LogP contribution in [0.5, 0.6) is 0 Å². The van der Waals surface area contributed by atoms with Crippen molar-refractivity contribution < 1.29 is 65.8 Å². The maximum absolute atomic E-state index is 13.7. The molecule has 0 spiro atoms. The molecule has 0 bridgehead atoms. The highest BCUT2D eigenvalue weighted by molar-refractivity contribution is 7.71. The first kappa shape index (κ1) is 29.7. The van der Waals surface area contributed by atoms with Crippen LogP contribution < -0.4 is 5.73 Å². The molecular weight excluding hydrogens is 544 g/mol. The van der Waals surface area contributed by atoms with Crippen molar-refractivity contribution in [1.29, 1.82) is 0 Å². The van der Waals surface area contributed by atoms with Crippen molar-refractivity contribution in [1.82, 2.24) is 9.55 Å². The van der Waals surface area contributed by atoms with Gasteiger partial charge in [-0.2, -0.15) is 13.6 Å². The van der Waals surface area contributed by atoms with Gasteiger partial charge in [0.25, 0.3) is 0 Å². The van der Waals surface area contributed by atoms with E-state index in [0.29, 0.717) is 10.8 Å². The van der Waals surface area contributed by atoms with E-state index in [1.54, 1.807) is 0 Å². The Balaban J connectivity index is 3.20. The Morgan fingerprint density at radius 3 is 2.36 bits per heavy atom. The number of ether oxygens (including phenoxy) is 1. The monoisotopic (exact) mass is 560 g/mol. The third-order valence-electron chi connectivity index (χ3n) is 3.20. The van der Waals surface area contributed by atoms with E-state index in [1.165, 1.54) is 0 Å². The zero-order valence-electron chi connectivity index (χ0n) is 15.9. The van der Waals surface area contributed by atoms with Crippen LogP contribution in [0.1, 0.15) is 13.3 Å². The van der Waals surface area contributed by atoms with Crippen LogP contribution in [-0.2, 0) is 31.6 Å². The molecule has 19 nitrogen and oxygen atoms in total. The molecule has 0 fully saturated rings. The molecule has 188 valence electrons. The minimum atomic E-state index is -5.89. The maximum atomic E-state index is 13.7. The zero-order valence-corrected chi connectivity index (χ0v) is 19.4. The molecule has 5 atom stereocenters. The SMILES string of the molecule is C[C@@H](O)[C@](COP(=O)(O)OP(=O)(O)OP(=O)(O)O)(N=[N+]=[N-])O[C@H](O)n1cc(F)c(N)nc1=S. The first-order chi connectivity index (χ1) is 14.8. The highest BCUT2D eigenvalue weighted by Gasteiger charge is 2.45. The first-order valence-electron chi connectivity index (χ1n) is 7.76. The molecule has 8 N–H and O–H groups in total. The van der Waals surface area contributed by atoms with Crippen LogP contribution >= 0.6 is 35.7 Å². The summed E-state index contributed by atoms with van der Waals surface area (Å²) >= 11 is 4.75. The highest BCUT2D eigenvalue weighted by atomic mass is 32.1. The Bertz CT molecular complexity index is 1120. The van der Waals surface area contributed by atoms with Crippen LogP contribution in [0.4, 0.5) is 10.2 Å². The average Bonchev–Trinajstić information content (AvgIpc) is 2.59.